The molecular weight excluding hydrogens is 220 g/mol. The summed E-state index contributed by atoms with van der Waals surface area (Å²) in [6.07, 6.45) is 3.72. The minimum Gasteiger partial charge on any atom is -0.497 e. The minimum absolute atomic E-state index is 0.0804. The second-order valence-corrected chi connectivity index (χ2v) is 4.62. The molecule has 1 aromatic carbocycles. The zero-order valence-electron chi connectivity index (χ0n) is 9.36. The molecule has 0 aliphatic rings. The van der Waals surface area contributed by atoms with E-state index in [1.165, 1.54) is 20.5 Å². The van der Waals surface area contributed by atoms with Gasteiger partial charge in [0.2, 0.25) is 0 Å². The number of rotatable bonds is 3. The molecular formula is C13H14O2S. The Balaban J connectivity index is 2.55. The average Bonchev–Trinajstić information content (AvgIpc) is 2.63. The molecule has 0 aliphatic carbocycles. The lowest BCUT2D eigenvalue weighted by Crippen LogP contribution is -1.81. The van der Waals surface area contributed by atoms with Crippen LogP contribution in [0.5, 0.6) is 5.75 Å². The van der Waals surface area contributed by atoms with Gasteiger partial charge in [-0.05, 0) is 42.1 Å². The fourth-order valence-electron chi connectivity index (χ4n) is 1.66. The molecule has 3 heteroatoms. The maximum atomic E-state index is 8.77. The summed E-state index contributed by atoms with van der Waals surface area (Å²) in [5.41, 5.74) is 1.24. The van der Waals surface area contributed by atoms with Crippen molar-refractivity contribution in [2.45, 2.75) is 6.92 Å². The van der Waals surface area contributed by atoms with Gasteiger partial charge in [0.1, 0.15) is 5.75 Å². The van der Waals surface area contributed by atoms with E-state index >= 15 is 0 Å². The lowest BCUT2D eigenvalue weighted by Gasteiger charge is -1.99. The van der Waals surface area contributed by atoms with Crippen molar-refractivity contribution in [2.75, 3.05) is 13.7 Å². The van der Waals surface area contributed by atoms with Gasteiger partial charge in [0, 0.05) is 9.58 Å². The molecule has 0 saturated heterocycles. The van der Waals surface area contributed by atoms with Crippen molar-refractivity contribution in [2.24, 2.45) is 0 Å². The number of hydrogen-bond acceptors (Lipinski definition) is 3. The van der Waals surface area contributed by atoms with Gasteiger partial charge in [-0.3, -0.25) is 0 Å². The number of thiophene rings is 1. The standard InChI is InChI=1S/C13H14O2S/c1-9-11-8-10(15-2)5-6-13(11)16-12(9)4-3-7-14/h3-6,8,14H,7H2,1-2H3/b4-3+. The molecule has 2 rings (SSSR count). The molecule has 16 heavy (non-hydrogen) atoms. The van der Waals surface area contributed by atoms with E-state index < -0.39 is 0 Å². The predicted molar refractivity (Wildman–Crippen MR) is 69.2 cm³/mol. The molecule has 2 aromatic rings. The Hall–Kier alpha value is -1.32. The molecule has 0 spiro atoms. The number of ether oxygens (including phenoxy) is 1. The summed E-state index contributed by atoms with van der Waals surface area (Å²) in [4.78, 5) is 1.19. The summed E-state index contributed by atoms with van der Waals surface area (Å²) < 4.78 is 6.46. The normalized spacial score (nSPS) is 11.4. The largest absolute Gasteiger partial charge is 0.497 e. The number of aryl methyl sites for hydroxylation is 1. The summed E-state index contributed by atoms with van der Waals surface area (Å²) in [6, 6.07) is 6.09. The lowest BCUT2D eigenvalue weighted by molar-refractivity contribution is 0.343. The zero-order chi connectivity index (χ0) is 11.5. The average molecular weight is 234 g/mol. The van der Waals surface area contributed by atoms with Gasteiger partial charge in [0.25, 0.3) is 0 Å². The van der Waals surface area contributed by atoms with Crippen molar-refractivity contribution < 1.29 is 9.84 Å². The van der Waals surface area contributed by atoms with Crippen molar-refractivity contribution in [3.63, 3.8) is 0 Å². The van der Waals surface area contributed by atoms with Gasteiger partial charge in [0.05, 0.1) is 13.7 Å². The Bertz CT molecular complexity index is 526. The Morgan fingerprint density at radius 2 is 2.25 bits per heavy atom. The van der Waals surface area contributed by atoms with Gasteiger partial charge >= 0.3 is 0 Å². The van der Waals surface area contributed by atoms with E-state index in [9.17, 15) is 0 Å². The molecule has 0 fully saturated rings. The van der Waals surface area contributed by atoms with E-state index in [4.69, 9.17) is 9.84 Å². The predicted octanol–water partition coefficient (Wildman–Crippen LogP) is 3.22. The summed E-state index contributed by atoms with van der Waals surface area (Å²) in [5.74, 6) is 0.881. The fraction of sp³-hybridized carbons (Fsp3) is 0.231. The summed E-state index contributed by atoms with van der Waals surface area (Å²) in [6.45, 7) is 2.17. The number of fused-ring (bicyclic) bond motifs is 1. The van der Waals surface area contributed by atoms with Crippen molar-refractivity contribution in [1.82, 2.24) is 0 Å². The van der Waals surface area contributed by atoms with Crippen LogP contribution in [0.3, 0.4) is 0 Å². The van der Waals surface area contributed by atoms with Gasteiger partial charge in [-0.25, -0.2) is 0 Å². The number of benzene rings is 1. The molecule has 0 amide bonds. The maximum Gasteiger partial charge on any atom is 0.119 e. The molecule has 2 nitrogen and oxygen atoms in total. The van der Waals surface area contributed by atoms with E-state index in [1.807, 2.05) is 12.1 Å². The van der Waals surface area contributed by atoms with E-state index in [0.29, 0.717) is 0 Å². The molecule has 1 aromatic heterocycles. The molecule has 0 aliphatic heterocycles. The van der Waals surface area contributed by atoms with Gasteiger partial charge in [-0.1, -0.05) is 6.08 Å². The first-order valence-electron chi connectivity index (χ1n) is 5.11. The van der Waals surface area contributed by atoms with Crippen LogP contribution in [0.1, 0.15) is 10.4 Å². The van der Waals surface area contributed by atoms with Crippen molar-refractivity contribution in [3.05, 3.63) is 34.7 Å². The molecule has 84 valence electrons. The van der Waals surface area contributed by atoms with Crippen molar-refractivity contribution >= 4 is 27.5 Å². The first kappa shape index (κ1) is 11.2. The SMILES string of the molecule is COc1ccc2sc(/C=C/CO)c(C)c2c1. The van der Waals surface area contributed by atoms with E-state index in [2.05, 4.69) is 19.1 Å². The molecule has 0 saturated carbocycles. The third kappa shape index (κ3) is 1.96. The molecule has 0 atom stereocenters. The minimum atomic E-state index is 0.0804. The van der Waals surface area contributed by atoms with Gasteiger partial charge < -0.3 is 9.84 Å². The van der Waals surface area contributed by atoms with Crippen LogP contribution in [0.25, 0.3) is 16.2 Å². The number of aliphatic hydroxyl groups excluding tert-OH is 1. The monoisotopic (exact) mass is 234 g/mol. The zero-order valence-corrected chi connectivity index (χ0v) is 10.2. The van der Waals surface area contributed by atoms with Crippen LogP contribution in [0.15, 0.2) is 24.3 Å². The first-order valence-corrected chi connectivity index (χ1v) is 5.92. The highest BCUT2D eigenvalue weighted by molar-refractivity contribution is 7.20. The quantitative estimate of drug-likeness (QED) is 0.883. The third-order valence-electron chi connectivity index (χ3n) is 2.55. The van der Waals surface area contributed by atoms with E-state index in [0.717, 1.165) is 5.75 Å². The lowest BCUT2D eigenvalue weighted by atomic mass is 10.1. The molecule has 0 radical (unpaired) electrons. The molecule has 0 unspecified atom stereocenters. The molecule has 1 heterocycles. The van der Waals surface area contributed by atoms with Gasteiger partial charge in [-0.15, -0.1) is 11.3 Å². The Kier molecular flexibility index (Phi) is 3.27. The van der Waals surface area contributed by atoms with Crippen molar-refractivity contribution in [1.29, 1.82) is 0 Å². The Morgan fingerprint density at radius 3 is 2.94 bits per heavy atom. The number of aliphatic hydroxyl groups is 1. The van der Waals surface area contributed by atoms with Crippen LogP contribution in [-0.2, 0) is 0 Å². The maximum absolute atomic E-state index is 8.77. The second kappa shape index (κ2) is 4.68. The van der Waals surface area contributed by atoms with Crippen LogP contribution in [0, 0.1) is 6.92 Å². The first-order chi connectivity index (χ1) is 7.76. The summed E-state index contributed by atoms with van der Waals surface area (Å²) >= 11 is 1.73. The third-order valence-corrected chi connectivity index (χ3v) is 3.79. The van der Waals surface area contributed by atoms with Crippen LogP contribution in [0.2, 0.25) is 0 Å². The van der Waals surface area contributed by atoms with Gasteiger partial charge in [-0.2, -0.15) is 0 Å². The summed E-state index contributed by atoms with van der Waals surface area (Å²) in [5, 5.41) is 10.00. The highest BCUT2D eigenvalue weighted by Gasteiger charge is 2.06. The molecule has 0 bridgehead atoms. The van der Waals surface area contributed by atoms with Crippen molar-refractivity contribution in [3.8, 4) is 5.75 Å². The van der Waals surface area contributed by atoms with Crippen LogP contribution < -0.4 is 4.74 Å². The molecule has 1 N–H and O–H groups in total. The fourth-order valence-corrected chi connectivity index (χ4v) is 2.79. The van der Waals surface area contributed by atoms with Crippen LogP contribution >= 0.6 is 11.3 Å². The van der Waals surface area contributed by atoms with Gasteiger partial charge in [0.15, 0.2) is 0 Å². The highest BCUT2D eigenvalue weighted by atomic mass is 32.1. The number of methoxy groups -OCH3 is 1. The Labute approximate surface area is 98.8 Å². The van der Waals surface area contributed by atoms with Crippen LogP contribution in [0.4, 0.5) is 0 Å². The summed E-state index contributed by atoms with van der Waals surface area (Å²) in [7, 11) is 1.68. The Morgan fingerprint density at radius 1 is 1.44 bits per heavy atom. The highest BCUT2D eigenvalue weighted by Crippen LogP contribution is 2.33. The van der Waals surface area contributed by atoms with E-state index in [-0.39, 0.29) is 6.61 Å². The van der Waals surface area contributed by atoms with E-state index in [1.54, 1.807) is 24.5 Å². The number of hydrogen-bond donors (Lipinski definition) is 1. The smallest absolute Gasteiger partial charge is 0.119 e. The topological polar surface area (TPSA) is 29.5 Å². The second-order valence-electron chi connectivity index (χ2n) is 3.54. The van der Waals surface area contributed by atoms with Crippen LogP contribution in [-0.4, -0.2) is 18.8 Å².